The lowest BCUT2D eigenvalue weighted by Crippen LogP contribution is -2.51. The van der Waals surface area contributed by atoms with Crippen molar-refractivity contribution in [2.75, 3.05) is 40.0 Å². The van der Waals surface area contributed by atoms with Crippen molar-refractivity contribution < 1.29 is 23.8 Å². The average molecular weight is 322 g/mol. The molecule has 7 nitrogen and oxygen atoms in total. The Balaban J connectivity index is 1.80. The molecule has 0 radical (unpaired) electrons. The first kappa shape index (κ1) is 17.1. The van der Waals surface area contributed by atoms with E-state index in [9.17, 15) is 9.59 Å². The van der Waals surface area contributed by atoms with Crippen LogP contribution < -0.4 is 14.8 Å². The minimum Gasteiger partial charge on any atom is -0.493 e. The van der Waals surface area contributed by atoms with Gasteiger partial charge in [-0.3, -0.25) is 9.59 Å². The number of carbonyl (C=O) groups is 2. The van der Waals surface area contributed by atoms with Crippen LogP contribution >= 0.6 is 0 Å². The number of para-hydroxylation sites is 2. The molecule has 1 aromatic carbocycles. The summed E-state index contributed by atoms with van der Waals surface area (Å²) >= 11 is 0. The minimum absolute atomic E-state index is 0.112. The summed E-state index contributed by atoms with van der Waals surface area (Å²) in [6.45, 7) is 3.65. The van der Waals surface area contributed by atoms with E-state index in [1.807, 2.05) is 6.07 Å². The van der Waals surface area contributed by atoms with Gasteiger partial charge < -0.3 is 24.4 Å². The highest BCUT2D eigenvalue weighted by molar-refractivity contribution is 5.87. The molecule has 0 spiro atoms. The van der Waals surface area contributed by atoms with Crippen LogP contribution in [0.25, 0.3) is 0 Å². The van der Waals surface area contributed by atoms with Gasteiger partial charge >= 0.3 is 0 Å². The summed E-state index contributed by atoms with van der Waals surface area (Å²) < 4.78 is 15.8. The molecule has 0 aromatic heterocycles. The Kier molecular flexibility index (Phi) is 6.22. The summed E-state index contributed by atoms with van der Waals surface area (Å²) in [4.78, 5) is 25.8. The zero-order chi connectivity index (χ0) is 16.7. The van der Waals surface area contributed by atoms with Gasteiger partial charge in [-0.05, 0) is 19.1 Å². The lowest BCUT2D eigenvalue weighted by molar-refractivity contribution is -0.139. The molecule has 2 amide bonds. The molecule has 1 aliphatic heterocycles. The average Bonchev–Trinajstić information content (AvgIpc) is 2.60. The number of ether oxygens (including phenoxy) is 3. The number of benzene rings is 1. The predicted octanol–water partition coefficient (Wildman–Crippen LogP) is 0.438. The normalized spacial score (nSPS) is 15.7. The Morgan fingerprint density at radius 2 is 1.91 bits per heavy atom. The number of hydrogen-bond acceptors (Lipinski definition) is 5. The molecule has 1 heterocycles. The van der Waals surface area contributed by atoms with Gasteiger partial charge in [-0.2, -0.15) is 0 Å². The lowest BCUT2D eigenvalue weighted by Gasteiger charge is -2.29. The first-order chi connectivity index (χ1) is 11.1. The molecule has 7 heteroatoms. The van der Waals surface area contributed by atoms with Crippen molar-refractivity contribution in [1.82, 2.24) is 10.2 Å². The van der Waals surface area contributed by atoms with Crippen LogP contribution in [0.1, 0.15) is 6.92 Å². The first-order valence-corrected chi connectivity index (χ1v) is 7.53. The zero-order valence-electron chi connectivity index (χ0n) is 13.4. The Morgan fingerprint density at radius 1 is 1.26 bits per heavy atom. The van der Waals surface area contributed by atoms with E-state index in [1.54, 1.807) is 30.0 Å². The molecule has 1 atom stereocenters. The monoisotopic (exact) mass is 322 g/mol. The fourth-order valence-electron chi connectivity index (χ4n) is 2.28. The van der Waals surface area contributed by atoms with Crippen LogP contribution in [-0.4, -0.2) is 62.8 Å². The summed E-state index contributed by atoms with van der Waals surface area (Å²) in [6.07, 6.45) is 0. The molecule has 0 aliphatic carbocycles. The second-order valence-electron chi connectivity index (χ2n) is 5.17. The van der Waals surface area contributed by atoms with Crippen LogP contribution in [0.5, 0.6) is 11.5 Å². The molecule has 1 aliphatic rings. The standard InChI is InChI=1S/C16H22N2O5/c1-12(16(20)18-7-9-22-10-8-18)17-15(19)11-23-14-6-4-3-5-13(14)21-2/h3-6,12H,7-11H2,1-2H3,(H,17,19)/t12-/m1/s1. The highest BCUT2D eigenvalue weighted by atomic mass is 16.5. The summed E-state index contributed by atoms with van der Waals surface area (Å²) in [6, 6.07) is 6.48. The predicted molar refractivity (Wildman–Crippen MR) is 83.5 cm³/mol. The van der Waals surface area contributed by atoms with Crippen molar-refractivity contribution in [3.05, 3.63) is 24.3 Å². The van der Waals surface area contributed by atoms with Gasteiger partial charge in [-0.25, -0.2) is 0 Å². The van der Waals surface area contributed by atoms with Crippen molar-refractivity contribution in [1.29, 1.82) is 0 Å². The van der Waals surface area contributed by atoms with E-state index in [1.165, 1.54) is 7.11 Å². The second kappa shape index (κ2) is 8.38. The fourth-order valence-corrected chi connectivity index (χ4v) is 2.28. The Labute approximate surface area is 135 Å². The molecule has 126 valence electrons. The number of methoxy groups -OCH3 is 1. The smallest absolute Gasteiger partial charge is 0.258 e. The molecule has 2 rings (SSSR count). The Morgan fingerprint density at radius 3 is 2.57 bits per heavy atom. The molecule has 0 saturated carbocycles. The molecule has 0 bridgehead atoms. The number of hydrogen-bond donors (Lipinski definition) is 1. The van der Waals surface area contributed by atoms with Crippen LogP contribution in [0, 0.1) is 0 Å². The van der Waals surface area contributed by atoms with Crippen molar-refractivity contribution in [3.63, 3.8) is 0 Å². The molecule has 0 unspecified atom stereocenters. The number of carbonyl (C=O) groups excluding carboxylic acids is 2. The zero-order valence-corrected chi connectivity index (χ0v) is 13.4. The number of nitrogens with zero attached hydrogens (tertiary/aromatic N) is 1. The van der Waals surface area contributed by atoms with E-state index in [4.69, 9.17) is 14.2 Å². The topological polar surface area (TPSA) is 77.1 Å². The third-order valence-corrected chi connectivity index (χ3v) is 3.50. The van der Waals surface area contributed by atoms with Gasteiger partial charge in [0.05, 0.1) is 20.3 Å². The summed E-state index contributed by atoms with van der Waals surface area (Å²) in [5.74, 6) is 0.569. The highest BCUT2D eigenvalue weighted by Gasteiger charge is 2.23. The van der Waals surface area contributed by atoms with Gasteiger partial charge in [-0.15, -0.1) is 0 Å². The van der Waals surface area contributed by atoms with E-state index in [2.05, 4.69) is 5.32 Å². The maximum Gasteiger partial charge on any atom is 0.258 e. The third kappa shape index (κ3) is 4.85. The van der Waals surface area contributed by atoms with Crippen molar-refractivity contribution in [2.45, 2.75) is 13.0 Å². The van der Waals surface area contributed by atoms with Crippen molar-refractivity contribution in [2.24, 2.45) is 0 Å². The third-order valence-electron chi connectivity index (χ3n) is 3.50. The van der Waals surface area contributed by atoms with E-state index in [0.717, 1.165) is 0 Å². The van der Waals surface area contributed by atoms with Crippen molar-refractivity contribution in [3.8, 4) is 11.5 Å². The molecular formula is C16H22N2O5. The molecule has 1 saturated heterocycles. The molecule has 1 fully saturated rings. The quantitative estimate of drug-likeness (QED) is 0.822. The largest absolute Gasteiger partial charge is 0.493 e. The van der Waals surface area contributed by atoms with Crippen LogP contribution in [0.2, 0.25) is 0 Å². The highest BCUT2D eigenvalue weighted by Crippen LogP contribution is 2.25. The lowest BCUT2D eigenvalue weighted by atomic mass is 10.2. The SMILES string of the molecule is COc1ccccc1OCC(=O)N[C@H](C)C(=O)N1CCOCC1. The maximum absolute atomic E-state index is 12.2. The second-order valence-corrected chi connectivity index (χ2v) is 5.17. The van der Waals surface area contributed by atoms with E-state index in [0.29, 0.717) is 37.8 Å². The van der Waals surface area contributed by atoms with E-state index >= 15 is 0 Å². The van der Waals surface area contributed by atoms with Gasteiger partial charge in [-0.1, -0.05) is 12.1 Å². The minimum atomic E-state index is -0.595. The van der Waals surface area contributed by atoms with Gasteiger partial charge in [0.15, 0.2) is 18.1 Å². The Bertz CT molecular complexity index is 543. The molecule has 23 heavy (non-hydrogen) atoms. The van der Waals surface area contributed by atoms with Gasteiger partial charge in [0.25, 0.3) is 5.91 Å². The number of rotatable bonds is 6. The van der Waals surface area contributed by atoms with Gasteiger partial charge in [0.2, 0.25) is 5.91 Å². The first-order valence-electron chi connectivity index (χ1n) is 7.53. The Hall–Kier alpha value is -2.28. The number of morpholine rings is 1. The molecule has 1 aromatic rings. The van der Waals surface area contributed by atoms with Crippen LogP contribution in [-0.2, 0) is 14.3 Å². The van der Waals surface area contributed by atoms with E-state index in [-0.39, 0.29) is 18.4 Å². The summed E-state index contributed by atoms with van der Waals surface area (Å²) in [7, 11) is 1.53. The molecule has 1 N–H and O–H groups in total. The summed E-state index contributed by atoms with van der Waals surface area (Å²) in [5.41, 5.74) is 0. The summed E-state index contributed by atoms with van der Waals surface area (Å²) in [5, 5.41) is 2.65. The van der Waals surface area contributed by atoms with Crippen LogP contribution in [0.4, 0.5) is 0 Å². The van der Waals surface area contributed by atoms with Gasteiger partial charge in [0, 0.05) is 13.1 Å². The number of amides is 2. The van der Waals surface area contributed by atoms with E-state index < -0.39 is 6.04 Å². The van der Waals surface area contributed by atoms with Crippen LogP contribution in [0.3, 0.4) is 0 Å². The van der Waals surface area contributed by atoms with Crippen LogP contribution in [0.15, 0.2) is 24.3 Å². The number of nitrogens with one attached hydrogen (secondary N) is 1. The molecular weight excluding hydrogens is 300 g/mol. The van der Waals surface area contributed by atoms with Gasteiger partial charge in [0.1, 0.15) is 6.04 Å². The fraction of sp³-hybridized carbons (Fsp3) is 0.500. The maximum atomic E-state index is 12.2. The van der Waals surface area contributed by atoms with Crippen molar-refractivity contribution >= 4 is 11.8 Å².